The Balaban J connectivity index is 1.26. The molecule has 0 aromatic heterocycles. The van der Waals surface area contributed by atoms with Crippen LogP contribution in [0.4, 0.5) is 11.4 Å². The molecule has 2 aliphatic rings. The molecule has 30 heavy (non-hydrogen) atoms. The number of fused-ring (bicyclic) bond motifs is 1. The van der Waals surface area contributed by atoms with Crippen LogP contribution in [0.1, 0.15) is 30.1 Å². The molecule has 158 valence electrons. The van der Waals surface area contributed by atoms with E-state index in [1.807, 2.05) is 6.07 Å². The van der Waals surface area contributed by atoms with Gasteiger partial charge in [-0.15, -0.1) is 0 Å². The Bertz CT molecular complexity index is 907. The summed E-state index contributed by atoms with van der Waals surface area (Å²) in [6.07, 6.45) is 0.834. The fourth-order valence-electron chi connectivity index (χ4n) is 4.17. The van der Waals surface area contributed by atoms with Crippen molar-refractivity contribution in [2.75, 3.05) is 49.6 Å². The number of ketones is 1. The number of carbonyl (C=O) groups excluding carboxylic acids is 2. The number of benzene rings is 2. The Morgan fingerprint density at radius 2 is 1.80 bits per heavy atom. The van der Waals surface area contributed by atoms with Crippen molar-refractivity contribution in [2.24, 2.45) is 0 Å². The maximum Gasteiger partial charge on any atom is 0.267 e. The number of ether oxygens (including phenoxy) is 1. The predicted molar refractivity (Wildman–Crippen MR) is 119 cm³/mol. The van der Waals surface area contributed by atoms with Gasteiger partial charge in [-0.1, -0.05) is 18.2 Å². The average Bonchev–Trinajstić information content (AvgIpc) is 2.78. The van der Waals surface area contributed by atoms with E-state index in [0.29, 0.717) is 23.4 Å². The van der Waals surface area contributed by atoms with Gasteiger partial charge >= 0.3 is 0 Å². The van der Waals surface area contributed by atoms with Crippen molar-refractivity contribution < 1.29 is 14.3 Å². The van der Waals surface area contributed by atoms with Crippen LogP contribution in [0.25, 0.3) is 0 Å². The molecule has 0 radical (unpaired) electrons. The van der Waals surface area contributed by atoms with E-state index >= 15 is 0 Å². The van der Waals surface area contributed by atoms with Gasteiger partial charge in [0.25, 0.3) is 5.91 Å². The molecular weight excluding hydrogens is 378 g/mol. The van der Waals surface area contributed by atoms with Crippen molar-refractivity contribution >= 4 is 23.1 Å². The summed E-state index contributed by atoms with van der Waals surface area (Å²) in [5, 5.41) is 0. The SMILES string of the molecule is CC1Oc2cc(C(=O)CCCN3CCN(c4ccccc4)CC3)ccc2N(C)C1=O. The van der Waals surface area contributed by atoms with Gasteiger partial charge in [0.1, 0.15) is 5.75 Å². The van der Waals surface area contributed by atoms with E-state index in [-0.39, 0.29) is 11.7 Å². The van der Waals surface area contributed by atoms with Gasteiger partial charge in [-0.05, 0) is 50.2 Å². The average molecular weight is 408 g/mol. The highest BCUT2D eigenvalue weighted by atomic mass is 16.5. The number of piperazine rings is 1. The molecule has 2 heterocycles. The van der Waals surface area contributed by atoms with E-state index in [9.17, 15) is 9.59 Å². The number of Topliss-reactive ketones (excluding diaryl/α,β-unsaturated/α-hetero) is 1. The molecule has 0 bridgehead atoms. The molecule has 4 rings (SSSR count). The summed E-state index contributed by atoms with van der Waals surface area (Å²) in [6.45, 7) is 6.75. The third-order valence-electron chi connectivity index (χ3n) is 6.00. The molecule has 6 heteroatoms. The van der Waals surface area contributed by atoms with Gasteiger partial charge in [0.05, 0.1) is 5.69 Å². The lowest BCUT2D eigenvalue weighted by Crippen LogP contribution is -2.46. The molecule has 1 fully saturated rings. The van der Waals surface area contributed by atoms with E-state index in [2.05, 4.69) is 34.1 Å². The number of hydrogen-bond acceptors (Lipinski definition) is 5. The molecular formula is C24H29N3O3. The maximum absolute atomic E-state index is 12.7. The first-order chi connectivity index (χ1) is 14.5. The zero-order valence-corrected chi connectivity index (χ0v) is 17.7. The van der Waals surface area contributed by atoms with Gasteiger partial charge in [-0.25, -0.2) is 0 Å². The molecule has 2 aromatic carbocycles. The van der Waals surface area contributed by atoms with Gasteiger partial charge in [0.2, 0.25) is 0 Å². The predicted octanol–water partition coefficient (Wildman–Crippen LogP) is 3.22. The lowest BCUT2D eigenvalue weighted by Gasteiger charge is -2.36. The molecule has 1 amide bonds. The van der Waals surface area contributed by atoms with Gasteiger partial charge in [-0.3, -0.25) is 14.5 Å². The molecule has 2 aromatic rings. The second-order valence-corrected chi connectivity index (χ2v) is 8.03. The molecule has 0 saturated carbocycles. The van der Waals surface area contributed by atoms with Crippen LogP contribution in [-0.4, -0.2) is 62.5 Å². The fraction of sp³-hybridized carbons (Fsp3) is 0.417. The number of para-hydroxylation sites is 1. The first-order valence-electron chi connectivity index (χ1n) is 10.7. The minimum atomic E-state index is -0.526. The largest absolute Gasteiger partial charge is 0.479 e. The van der Waals surface area contributed by atoms with Gasteiger partial charge in [-0.2, -0.15) is 0 Å². The summed E-state index contributed by atoms with van der Waals surface area (Å²) in [5.41, 5.74) is 2.65. The van der Waals surface area contributed by atoms with Crippen LogP contribution in [0, 0.1) is 0 Å². The standard InChI is InChI=1S/C24H29N3O3/c1-18-24(29)25(2)21-11-10-19(17-23(21)30-18)22(28)9-6-12-26-13-15-27(16-14-26)20-7-4-3-5-8-20/h3-5,7-8,10-11,17-18H,6,9,12-16H2,1-2H3. The van der Waals surface area contributed by atoms with Gasteiger partial charge in [0.15, 0.2) is 11.9 Å². The Morgan fingerprint density at radius 3 is 2.53 bits per heavy atom. The first-order valence-corrected chi connectivity index (χ1v) is 10.7. The fourth-order valence-corrected chi connectivity index (χ4v) is 4.17. The minimum absolute atomic E-state index is 0.0751. The summed E-state index contributed by atoms with van der Waals surface area (Å²) in [6, 6.07) is 15.9. The Labute approximate surface area is 178 Å². The van der Waals surface area contributed by atoms with Crippen molar-refractivity contribution in [3.05, 3.63) is 54.1 Å². The normalized spacial score (nSPS) is 19.4. The third-order valence-corrected chi connectivity index (χ3v) is 6.00. The van der Waals surface area contributed by atoms with E-state index in [1.54, 1.807) is 37.1 Å². The van der Waals surface area contributed by atoms with E-state index in [0.717, 1.165) is 39.1 Å². The monoisotopic (exact) mass is 407 g/mol. The van der Waals surface area contributed by atoms with Crippen LogP contribution >= 0.6 is 0 Å². The number of carbonyl (C=O) groups is 2. The minimum Gasteiger partial charge on any atom is -0.479 e. The van der Waals surface area contributed by atoms with Crippen molar-refractivity contribution in [1.82, 2.24) is 4.90 Å². The smallest absolute Gasteiger partial charge is 0.267 e. The highest BCUT2D eigenvalue weighted by molar-refractivity contribution is 6.01. The summed E-state index contributed by atoms with van der Waals surface area (Å²) in [4.78, 5) is 31.1. The number of nitrogens with zero attached hydrogens (tertiary/aromatic N) is 3. The highest BCUT2D eigenvalue weighted by Gasteiger charge is 2.29. The lowest BCUT2D eigenvalue weighted by atomic mass is 10.0. The van der Waals surface area contributed by atoms with Crippen molar-refractivity contribution in [3.63, 3.8) is 0 Å². The summed E-state index contributed by atoms with van der Waals surface area (Å²) in [5.74, 6) is 0.651. The second-order valence-electron chi connectivity index (χ2n) is 8.03. The molecule has 2 aliphatic heterocycles. The van der Waals surface area contributed by atoms with Crippen LogP contribution in [0.15, 0.2) is 48.5 Å². The van der Waals surface area contributed by atoms with E-state index in [4.69, 9.17) is 4.74 Å². The molecule has 1 saturated heterocycles. The van der Waals surface area contributed by atoms with Gasteiger partial charge in [0, 0.05) is 50.9 Å². The summed E-state index contributed by atoms with van der Waals surface area (Å²) in [7, 11) is 1.74. The van der Waals surface area contributed by atoms with Crippen molar-refractivity contribution in [3.8, 4) is 5.75 Å². The molecule has 0 aliphatic carbocycles. The second kappa shape index (κ2) is 8.88. The van der Waals surface area contributed by atoms with E-state index in [1.165, 1.54) is 5.69 Å². The Morgan fingerprint density at radius 1 is 1.07 bits per heavy atom. The highest BCUT2D eigenvalue weighted by Crippen LogP contribution is 2.34. The molecule has 6 nitrogen and oxygen atoms in total. The third kappa shape index (κ3) is 4.33. The zero-order valence-electron chi connectivity index (χ0n) is 17.7. The Kier molecular flexibility index (Phi) is 6.04. The Hall–Kier alpha value is -2.86. The van der Waals surface area contributed by atoms with Crippen LogP contribution in [0.3, 0.4) is 0 Å². The molecule has 0 N–H and O–H groups in total. The van der Waals surface area contributed by atoms with E-state index < -0.39 is 6.10 Å². The lowest BCUT2D eigenvalue weighted by molar-refractivity contribution is -0.125. The quantitative estimate of drug-likeness (QED) is 0.689. The number of rotatable bonds is 6. The number of anilines is 2. The van der Waals surface area contributed by atoms with Crippen LogP contribution in [0.2, 0.25) is 0 Å². The van der Waals surface area contributed by atoms with Crippen LogP contribution < -0.4 is 14.5 Å². The molecule has 1 unspecified atom stereocenters. The van der Waals surface area contributed by atoms with Crippen molar-refractivity contribution in [1.29, 1.82) is 0 Å². The number of amides is 1. The number of hydrogen-bond donors (Lipinski definition) is 0. The first kappa shape index (κ1) is 20.4. The zero-order chi connectivity index (χ0) is 21.1. The molecule has 0 spiro atoms. The van der Waals surface area contributed by atoms with Crippen LogP contribution in [0.5, 0.6) is 5.75 Å². The van der Waals surface area contributed by atoms with Crippen LogP contribution in [-0.2, 0) is 4.79 Å². The maximum atomic E-state index is 12.7. The summed E-state index contributed by atoms with van der Waals surface area (Å²) >= 11 is 0. The van der Waals surface area contributed by atoms with Gasteiger partial charge < -0.3 is 14.5 Å². The van der Waals surface area contributed by atoms with Crippen molar-refractivity contribution in [2.45, 2.75) is 25.9 Å². The number of likely N-dealkylation sites (N-methyl/N-ethyl adjacent to an activating group) is 1. The summed E-state index contributed by atoms with van der Waals surface area (Å²) < 4.78 is 5.70. The molecule has 1 atom stereocenters. The topological polar surface area (TPSA) is 53.1 Å².